The van der Waals surface area contributed by atoms with Gasteiger partial charge >= 0.3 is 143 Å². The molecule has 0 bridgehead atoms. The summed E-state index contributed by atoms with van der Waals surface area (Å²) in [5, 5.41) is 3.91. The molecule has 23 heavy (non-hydrogen) atoms. The molecule has 4 nitrogen and oxygen atoms in total. The fourth-order valence-corrected chi connectivity index (χ4v) is 4.65. The van der Waals surface area contributed by atoms with Gasteiger partial charge in [0.15, 0.2) is 0 Å². The van der Waals surface area contributed by atoms with Crippen molar-refractivity contribution in [3.05, 3.63) is 48.0 Å². The van der Waals surface area contributed by atoms with Gasteiger partial charge in [-0.2, -0.15) is 0 Å². The van der Waals surface area contributed by atoms with E-state index in [4.69, 9.17) is 4.74 Å². The maximum atomic E-state index is 12.6. The van der Waals surface area contributed by atoms with Crippen molar-refractivity contribution in [3.8, 4) is 5.75 Å². The van der Waals surface area contributed by atoms with Gasteiger partial charge in [-0.1, -0.05) is 0 Å². The van der Waals surface area contributed by atoms with E-state index in [1.807, 2.05) is 37.4 Å². The third-order valence-corrected chi connectivity index (χ3v) is 6.94. The van der Waals surface area contributed by atoms with E-state index in [9.17, 15) is 8.42 Å². The summed E-state index contributed by atoms with van der Waals surface area (Å²) >= 11 is -0.0788. The minimum absolute atomic E-state index is 0.00442. The van der Waals surface area contributed by atoms with Crippen molar-refractivity contribution in [2.75, 3.05) is 25.1 Å². The van der Waals surface area contributed by atoms with E-state index in [-0.39, 0.29) is 21.1 Å². The van der Waals surface area contributed by atoms with Crippen molar-refractivity contribution in [3.63, 3.8) is 0 Å². The molecule has 0 aromatic heterocycles. The normalized spacial score (nSPS) is 14.4. The summed E-state index contributed by atoms with van der Waals surface area (Å²) in [6, 6.07) is 12.8. The molecule has 0 atom stereocenters. The number of anilines is 1. The van der Waals surface area contributed by atoms with Gasteiger partial charge in [0.25, 0.3) is 0 Å². The molecule has 0 saturated carbocycles. The molecule has 0 amide bonds. The second-order valence-electron chi connectivity index (χ2n) is 5.48. The predicted molar refractivity (Wildman–Crippen MR) is 95.0 cm³/mol. The Morgan fingerprint density at radius 1 is 1.22 bits per heavy atom. The number of fused-ring (bicyclic) bond motifs is 1. The van der Waals surface area contributed by atoms with Gasteiger partial charge < -0.3 is 0 Å². The van der Waals surface area contributed by atoms with Crippen LogP contribution in [0.15, 0.2) is 47.4 Å². The van der Waals surface area contributed by atoms with Crippen LogP contribution in [0.25, 0.3) is 0 Å². The zero-order valence-electron chi connectivity index (χ0n) is 12.9. The molecule has 2 aromatic rings. The van der Waals surface area contributed by atoms with Crippen LogP contribution in [0.2, 0.25) is 0 Å². The monoisotopic (exact) mass is 391 g/mol. The summed E-state index contributed by atoms with van der Waals surface area (Å²) in [7, 11) is -1.42. The molecule has 3 rings (SSSR count). The van der Waals surface area contributed by atoms with Gasteiger partial charge in [-0.15, -0.1) is 0 Å². The van der Waals surface area contributed by atoms with Crippen molar-refractivity contribution in [2.24, 2.45) is 0 Å². The quantitative estimate of drug-likeness (QED) is 0.737. The summed E-state index contributed by atoms with van der Waals surface area (Å²) in [6.07, 6.45) is 0. The Morgan fingerprint density at radius 2 is 1.96 bits per heavy atom. The molecule has 1 aliphatic rings. The summed E-state index contributed by atoms with van der Waals surface area (Å²) in [5.41, 5.74) is 1.72. The topological polar surface area (TPSA) is 46.6 Å². The van der Waals surface area contributed by atoms with Crippen LogP contribution < -0.4 is 14.0 Å². The number of rotatable bonds is 4. The number of benzene rings is 2. The molecule has 0 fully saturated rings. The van der Waals surface area contributed by atoms with E-state index < -0.39 is 9.84 Å². The summed E-state index contributed by atoms with van der Waals surface area (Å²) in [6.45, 7) is 1.38. The zero-order valence-corrected chi connectivity index (χ0v) is 15.6. The average Bonchev–Trinajstić information content (AvgIpc) is 2.55. The van der Waals surface area contributed by atoms with Crippen LogP contribution in [0, 0.1) is 0 Å². The van der Waals surface area contributed by atoms with E-state index >= 15 is 0 Å². The first-order valence-electron chi connectivity index (χ1n) is 7.26. The Morgan fingerprint density at radius 3 is 2.65 bits per heavy atom. The van der Waals surface area contributed by atoms with Crippen molar-refractivity contribution in [1.82, 2.24) is 0 Å². The standard InChI is InChI=1S/C17H18AsNO3S/c1-18-14-5-3-13(4-6-14)12-23(20,21)15-7-8-16-17(11-15)22-10-9-19(16)2/h3-8,11H,1,9-10,12H2,2H3. The number of hydrogen-bond acceptors (Lipinski definition) is 4. The Labute approximate surface area is 143 Å². The van der Waals surface area contributed by atoms with E-state index in [0.29, 0.717) is 17.3 Å². The Hall–Kier alpha value is -1.58. The van der Waals surface area contributed by atoms with Crippen molar-refractivity contribution < 1.29 is 13.2 Å². The molecule has 120 valence electrons. The van der Waals surface area contributed by atoms with E-state index in [0.717, 1.165) is 17.8 Å². The molecule has 2 aromatic carbocycles. The van der Waals surface area contributed by atoms with Gasteiger partial charge in [-0.05, 0) is 0 Å². The number of ether oxygens (including phenoxy) is 1. The van der Waals surface area contributed by atoms with Gasteiger partial charge in [0.05, 0.1) is 0 Å². The van der Waals surface area contributed by atoms with Gasteiger partial charge in [-0.3, -0.25) is 0 Å². The Kier molecular flexibility index (Phi) is 4.60. The second-order valence-corrected chi connectivity index (χ2v) is 9.22. The number of sulfone groups is 1. The van der Waals surface area contributed by atoms with Gasteiger partial charge in [0, 0.05) is 0 Å². The number of nitrogens with zero attached hydrogens (tertiary/aromatic N) is 1. The maximum absolute atomic E-state index is 12.6. The zero-order chi connectivity index (χ0) is 16.4. The molecule has 0 radical (unpaired) electrons. The average molecular weight is 391 g/mol. The molecule has 0 saturated heterocycles. The van der Waals surface area contributed by atoms with Crippen LogP contribution in [-0.2, 0) is 15.6 Å². The first-order chi connectivity index (χ1) is 11.0. The van der Waals surface area contributed by atoms with Gasteiger partial charge in [0.1, 0.15) is 0 Å². The predicted octanol–water partition coefficient (Wildman–Crippen LogP) is 1.25. The molecule has 1 heterocycles. The van der Waals surface area contributed by atoms with Crippen LogP contribution in [0.1, 0.15) is 5.56 Å². The van der Waals surface area contributed by atoms with E-state index in [1.165, 1.54) is 4.35 Å². The van der Waals surface area contributed by atoms with Crippen LogP contribution in [0.5, 0.6) is 5.75 Å². The second kappa shape index (κ2) is 6.50. The van der Waals surface area contributed by atoms with Gasteiger partial charge in [-0.25, -0.2) is 0 Å². The molecular formula is C17H18AsNO3S. The third kappa shape index (κ3) is 3.51. The van der Waals surface area contributed by atoms with Crippen LogP contribution >= 0.6 is 0 Å². The summed E-state index contributed by atoms with van der Waals surface area (Å²) in [5.74, 6) is 0.631. The summed E-state index contributed by atoms with van der Waals surface area (Å²) < 4.78 is 32.1. The molecule has 0 aliphatic carbocycles. The summed E-state index contributed by atoms with van der Waals surface area (Å²) in [4.78, 5) is 2.37. The Balaban J connectivity index is 1.88. The fraction of sp³-hybridized carbons (Fsp3) is 0.235. The van der Waals surface area contributed by atoms with Crippen molar-refractivity contribution in [2.45, 2.75) is 10.6 Å². The van der Waals surface area contributed by atoms with E-state index in [2.05, 4.69) is 10.2 Å². The number of likely N-dealkylation sites (N-methyl/N-ethyl adjacent to an activating group) is 1. The third-order valence-electron chi connectivity index (χ3n) is 3.86. The van der Waals surface area contributed by atoms with Crippen LogP contribution in [0.3, 0.4) is 0 Å². The van der Waals surface area contributed by atoms with E-state index in [1.54, 1.807) is 12.1 Å². The van der Waals surface area contributed by atoms with Gasteiger partial charge in [0.2, 0.25) is 0 Å². The SMILES string of the molecule is C=[As]c1ccc(CS(=O)(=O)c2ccc3c(c2)OCCN3C)cc1. The number of hydrogen-bond donors (Lipinski definition) is 0. The molecule has 1 aliphatic heterocycles. The van der Waals surface area contributed by atoms with Crippen LogP contribution in [-0.4, -0.2) is 49.2 Å². The molecule has 0 N–H and O–H groups in total. The minimum atomic E-state index is -3.39. The molecule has 0 unspecified atom stereocenters. The molecule has 0 spiro atoms. The first kappa shape index (κ1) is 16.3. The fourth-order valence-electron chi connectivity index (χ4n) is 2.53. The Bertz CT molecular complexity index is 831. The van der Waals surface area contributed by atoms with Crippen molar-refractivity contribution in [1.29, 1.82) is 0 Å². The first-order valence-corrected chi connectivity index (χ1v) is 11.2. The molecule has 6 heteroatoms. The molecular weight excluding hydrogens is 373 g/mol. The van der Waals surface area contributed by atoms with Crippen LogP contribution in [0.4, 0.5) is 5.69 Å². The van der Waals surface area contributed by atoms with Crippen molar-refractivity contribution >= 4 is 40.5 Å².